The van der Waals surface area contributed by atoms with Crippen molar-refractivity contribution in [1.82, 2.24) is 9.55 Å². The number of hydrogen-bond acceptors (Lipinski definition) is 3. The molecule has 1 heterocycles. The van der Waals surface area contributed by atoms with Crippen molar-refractivity contribution in [3.05, 3.63) is 66.2 Å². The molecule has 0 aliphatic rings. The molecule has 4 heteroatoms. The molecule has 0 amide bonds. The highest BCUT2D eigenvalue weighted by Crippen LogP contribution is 2.27. The van der Waals surface area contributed by atoms with Crippen LogP contribution in [0.2, 0.25) is 0 Å². The lowest BCUT2D eigenvalue weighted by Gasteiger charge is -2.18. The molecule has 0 fully saturated rings. The first-order valence-electron chi connectivity index (χ1n) is 7.39. The fourth-order valence-electron chi connectivity index (χ4n) is 2.74. The molecule has 22 heavy (non-hydrogen) atoms. The number of imidazole rings is 1. The van der Waals surface area contributed by atoms with E-state index in [1.54, 1.807) is 19.4 Å². The summed E-state index contributed by atoms with van der Waals surface area (Å²) in [7, 11) is 0. The summed E-state index contributed by atoms with van der Waals surface area (Å²) < 4.78 is 6.96. The van der Waals surface area contributed by atoms with Crippen LogP contribution in [0.1, 0.15) is 35.9 Å². The van der Waals surface area contributed by atoms with Crippen molar-refractivity contribution >= 4 is 16.7 Å². The quantitative estimate of drug-likeness (QED) is 0.687. The van der Waals surface area contributed by atoms with Crippen LogP contribution in [0.3, 0.4) is 0 Å². The van der Waals surface area contributed by atoms with E-state index in [4.69, 9.17) is 4.74 Å². The van der Waals surface area contributed by atoms with Crippen LogP contribution in [0, 0.1) is 0 Å². The summed E-state index contributed by atoms with van der Waals surface area (Å²) in [5, 5.41) is 2.37. The van der Waals surface area contributed by atoms with Crippen molar-refractivity contribution in [2.24, 2.45) is 0 Å². The van der Waals surface area contributed by atoms with Gasteiger partial charge >= 0.3 is 5.97 Å². The van der Waals surface area contributed by atoms with Crippen LogP contribution in [0.5, 0.6) is 0 Å². The Morgan fingerprint density at radius 3 is 2.82 bits per heavy atom. The Bertz CT molecular complexity index is 802. The number of esters is 1. The molecule has 3 rings (SSSR count). The van der Waals surface area contributed by atoms with E-state index in [2.05, 4.69) is 36.2 Å². The van der Waals surface area contributed by atoms with Crippen LogP contribution in [-0.4, -0.2) is 22.1 Å². The highest BCUT2D eigenvalue weighted by molar-refractivity contribution is 5.88. The number of benzene rings is 2. The molecule has 0 bridgehead atoms. The van der Waals surface area contributed by atoms with E-state index in [1.807, 2.05) is 22.8 Å². The largest absolute Gasteiger partial charge is 0.461 e. The minimum absolute atomic E-state index is 0.00648. The van der Waals surface area contributed by atoms with Gasteiger partial charge in [0, 0.05) is 0 Å². The van der Waals surface area contributed by atoms with Gasteiger partial charge in [0.15, 0.2) is 0 Å². The monoisotopic (exact) mass is 294 g/mol. The predicted octanol–water partition coefficient (Wildman–Crippen LogP) is 3.82. The molecule has 3 aromatic rings. The molecule has 0 aliphatic carbocycles. The van der Waals surface area contributed by atoms with Crippen LogP contribution in [0.4, 0.5) is 0 Å². The lowest BCUT2D eigenvalue weighted by Crippen LogP contribution is -2.15. The smallest absolute Gasteiger partial charge is 0.356 e. The fourth-order valence-corrected chi connectivity index (χ4v) is 2.74. The molecule has 0 radical (unpaired) electrons. The molecule has 0 aliphatic heterocycles. The average Bonchev–Trinajstić information content (AvgIpc) is 3.03. The number of nitrogens with zero attached hydrogens (tertiary/aromatic N) is 2. The van der Waals surface area contributed by atoms with Crippen molar-refractivity contribution in [1.29, 1.82) is 0 Å². The van der Waals surface area contributed by atoms with Gasteiger partial charge in [0.05, 0.1) is 25.2 Å². The maximum atomic E-state index is 12.0. The molecule has 1 atom stereocenters. The van der Waals surface area contributed by atoms with Crippen LogP contribution < -0.4 is 0 Å². The Morgan fingerprint density at radius 2 is 2.00 bits per heavy atom. The third kappa shape index (κ3) is 2.48. The van der Waals surface area contributed by atoms with Gasteiger partial charge in [-0.05, 0) is 30.2 Å². The second-order valence-electron chi connectivity index (χ2n) is 5.15. The maximum Gasteiger partial charge on any atom is 0.356 e. The van der Waals surface area contributed by atoms with E-state index in [0.29, 0.717) is 12.3 Å². The third-order valence-electron chi connectivity index (χ3n) is 3.84. The molecule has 0 spiro atoms. The Kier molecular flexibility index (Phi) is 3.92. The minimum Gasteiger partial charge on any atom is -0.461 e. The number of fused-ring (bicyclic) bond motifs is 1. The van der Waals surface area contributed by atoms with Crippen LogP contribution in [0.25, 0.3) is 10.8 Å². The van der Waals surface area contributed by atoms with Crippen molar-refractivity contribution < 1.29 is 9.53 Å². The predicted molar refractivity (Wildman–Crippen MR) is 85.9 cm³/mol. The van der Waals surface area contributed by atoms with Crippen LogP contribution in [0.15, 0.2) is 55.0 Å². The van der Waals surface area contributed by atoms with Gasteiger partial charge in [-0.3, -0.25) is 0 Å². The summed E-state index contributed by atoms with van der Waals surface area (Å²) >= 11 is 0. The van der Waals surface area contributed by atoms with Gasteiger partial charge in [-0.2, -0.15) is 0 Å². The van der Waals surface area contributed by atoms with Gasteiger partial charge in [-0.1, -0.05) is 42.5 Å². The van der Waals surface area contributed by atoms with Crippen LogP contribution in [-0.2, 0) is 4.74 Å². The molecular weight excluding hydrogens is 276 g/mol. The first-order chi connectivity index (χ1) is 10.7. The zero-order valence-electron chi connectivity index (χ0n) is 12.7. The molecule has 1 unspecified atom stereocenters. The summed E-state index contributed by atoms with van der Waals surface area (Å²) in [5.74, 6) is -0.341. The Morgan fingerprint density at radius 1 is 1.23 bits per heavy atom. The first kappa shape index (κ1) is 14.3. The normalized spacial score (nSPS) is 12.3. The summed E-state index contributed by atoms with van der Waals surface area (Å²) in [4.78, 5) is 16.2. The van der Waals surface area contributed by atoms with Gasteiger partial charge in [0.25, 0.3) is 0 Å². The lowest BCUT2D eigenvalue weighted by molar-refractivity contribution is 0.0512. The number of rotatable bonds is 4. The molecular formula is C18H18N2O2. The summed E-state index contributed by atoms with van der Waals surface area (Å²) in [6.07, 6.45) is 3.23. The van der Waals surface area contributed by atoms with E-state index in [-0.39, 0.29) is 12.0 Å². The number of carbonyl (C=O) groups is 1. The molecule has 4 nitrogen and oxygen atoms in total. The summed E-state index contributed by atoms with van der Waals surface area (Å²) in [6.45, 7) is 4.21. The number of ether oxygens (including phenoxy) is 1. The molecule has 2 aromatic carbocycles. The summed E-state index contributed by atoms with van der Waals surface area (Å²) in [6, 6.07) is 14.4. The Hall–Kier alpha value is -2.62. The van der Waals surface area contributed by atoms with Gasteiger partial charge in [0.2, 0.25) is 0 Å². The molecule has 1 aromatic heterocycles. The van der Waals surface area contributed by atoms with Gasteiger partial charge in [-0.15, -0.1) is 0 Å². The second kappa shape index (κ2) is 6.02. The minimum atomic E-state index is -0.341. The summed E-state index contributed by atoms with van der Waals surface area (Å²) in [5.41, 5.74) is 1.63. The number of hydrogen-bond donors (Lipinski definition) is 0. The van der Waals surface area contributed by atoms with Crippen molar-refractivity contribution in [3.8, 4) is 0 Å². The lowest BCUT2D eigenvalue weighted by atomic mass is 9.99. The van der Waals surface area contributed by atoms with Gasteiger partial charge in [0.1, 0.15) is 5.69 Å². The average molecular weight is 294 g/mol. The Labute approximate surface area is 129 Å². The van der Waals surface area contributed by atoms with E-state index in [9.17, 15) is 4.79 Å². The molecule has 112 valence electrons. The standard InChI is InChI=1S/C18H18N2O2/c1-3-22-18(21)17-11-19-12-20(17)13(2)15-10-6-8-14-7-4-5-9-16(14)15/h4-13H,3H2,1-2H3. The highest BCUT2D eigenvalue weighted by Gasteiger charge is 2.19. The topological polar surface area (TPSA) is 44.1 Å². The Balaban J connectivity index is 2.06. The van der Waals surface area contributed by atoms with Crippen molar-refractivity contribution in [2.75, 3.05) is 6.61 Å². The van der Waals surface area contributed by atoms with Gasteiger partial charge < -0.3 is 9.30 Å². The molecule has 0 saturated carbocycles. The van der Waals surface area contributed by atoms with E-state index in [1.165, 1.54) is 10.8 Å². The third-order valence-corrected chi connectivity index (χ3v) is 3.84. The van der Waals surface area contributed by atoms with E-state index < -0.39 is 0 Å². The zero-order chi connectivity index (χ0) is 15.5. The maximum absolute atomic E-state index is 12.0. The van der Waals surface area contributed by atoms with Gasteiger partial charge in [-0.25, -0.2) is 9.78 Å². The first-order valence-corrected chi connectivity index (χ1v) is 7.39. The van der Waals surface area contributed by atoms with Crippen molar-refractivity contribution in [2.45, 2.75) is 19.9 Å². The number of aromatic nitrogens is 2. The fraction of sp³-hybridized carbons (Fsp3) is 0.222. The zero-order valence-corrected chi connectivity index (χ0v) is 12.7. The number of carbonyl (C=O) groups excluding carboxylic acids is 1. The van der Waals surface area contributed by atoms with Crippen molar-refractivity contribution in [3.63, 3.8) is 0 Å². The van der Waals surface area contributed by atoms with Crippen LogP contribution >= 0.6 is 0 Å². The highest BCUT2D eigenvalue weighted by atomic mass is 16.5. The van der Waals surface area contributed by atoms with E-state index in [0.717, 1.165) is 5.56 Å². The SMILES string of the molecule is CCOC(=O)c1cncn1C(C)c1cccc2ccccc12. The van der Waals surface area contributed by atoms with E-state index >= 15 is 0 Å². The molecule has 0 N–H and O–H groups in total. The molecule has 0 saturated heterocycles. The second-order valence-corrected chi connectivity index (χ2v) is 5.15.